The van der Waals surface area contributed by atoms with E-state index < -0.39 is 0 Å². The van der Waals surface area contributed by atoms with E-state index >= 15 is 0 Å². The van der Waals surface area contributed by atoms with Gasteiger partial charge >= 0.3 is 0 Å². The summed E-state index contributed by atoms with van der Waals surface area (Å²) in [4.78, 5) is 10.7. The van der Waals surface area contributed by atoms with Gasteiger partial charge in [0.2, 0.25) is 5.91 Å². The number of ether oxygens (including phenoxy) is 2. The lowest BCUT2D eigenvalue weighted by Crippen LogP contribution is -2.12. The molecule has 1 amide bonds. The number of nitrogens with one attached hydrogen (secondary N) is 1. The third kappa shape index (κ3) is 4.93. The molecule has 0 unspecified atom stereocenters. The minimum absolute atomic E-state index is 0.247. The van der Waals surface area contributed by atoms with E-state index in [9.17, 15) is 4.79 Å². The molecule has 0 atom stereocenters. The van der Waals surface area contributed by atoms with Crippen molar-refractivity contribution in [1.29, 1.82) is 0 Å². The van der Waals surface area contributed by atoms with Crippen LogP contribution in [-0.2, 0) is 4.79 Å². The van der Waals surface area contributed by atoms with Crippen LogP contribution in [0.4, 0.5) is 0 Å². The fraction of sp³-hybridized carbons (Fsp3) is 0.286. The summed E-state index contributed by atoms with van der Waals surface area (Å²) in [6.45, 7) is 7.64. The minimum Gasteiger partial charge on any atom is -0.490 e. The van der Waals surface area contributed by atoms with Gasteiger partial charge in [0.25, 0.3) is 0 Å². The largest absolute Gasteiger partial charge is 0.490 e. The molecule has 0 aliphatic carbocycles. The normalized spacial score (nSPS) is 10.3. The highest BCUT2D eigenvalue weighted by molar-refractivity contribution is 6.32. The number of benzene rings is 1. The van der Waals surface area contributed by atoms with Gasteiger partial charge < -0.3 is 9.47 Å². The van der Waals surface area contributed by atoms with Gasteiger partial charge in [-0.2, -0.15) is 5.10 Å². The molecule has 0 aromatic heterocycles. The van der Waals surface area contributed by atoms with Crippen molar-refractivity contribution in [3.05, 3.63) is 35.4 Å². The molecular formula is C14H17ClN2O3. The first-order valence-corrected chi connectivity index (χ1v) is 6.46. The summed E-state index contributed by atoms with van der Waals surface area (Å²) in [6.07, 6.45) is 3.10. The molecule has 1 aromatic rings. The summed E-state index contributed by atoms with van der Waals surface area (Å²) in [5.41, 5.74) is 3.01. The van der Waals surface area contributed by atoms with Gasteiger partial charge in [-0.05, 0) is 24.6 Å². The van der Waals surface area contributed by atoms with Crippen molar-refractivity contribution in [1.82, 2.24) is 5.43 Å². The maximum Gasteiger partial charge on any atom is 0.236 e. The number of rotatable bonds is 7. The second-order valence-electron chi connectivity index (χ2n) is 3.79. The number of amides is 1. The lowest BCUT2D eigenvalue weighted by Gasteiger charge is -2.13. The lowest BCUT2D eigenvalue weighted by molar-refractivity contribution is -0.118. The Hall–Kier alpha value is -2.01. The van der Waals surface area contributed by atoms with Crippen molar-refractivity contribution < 1.29 is 14.3 Å². The molecule has 0 spiro atoms. The molecule has 0 radical (unpaired) electrons. The Bertz CT molecular complexity index is 515. The zero-order chi connectivity index (χ0) is 15.0. The summed E-state index contributed by atoms with van der Waals surface area (Å²) < 4.78 is 11.0. The monoisotopic (exact) mass is 296 g/mol. The zero-order valence-electron chi connectivity index (χ0n) is 11.5. The molecule has 0 saturated heterocycles. The third-order valence-electron chi connectivity index (χ3n) is 2.11. The quantitative estimate of drug-likeness (QED) is 0.478. The molecule has 1 rings (SSSR count). The Balaban J connectivity index is 3.02. The standard InChI is InChI=1S/C14H17ClN2O3/c1-4-6-20-14-12(15)7-11(8-13(14)19-5-2)9-16-17-10(3)18/h4,7-9H,1,5-6H2,2-3H3,(H,17,18)/b16-9-. The lowest BCUT2D eigenvalue weighted by atomic mass is 10.2. The highest BCUT2D eigenvalue weighted by Crippen LogP contribution is 2.36. The molecule has 0 bridgehead atoms. The van der Waals surface area contributed by atoms with Crippen molar-refractivity contribution in [3.63, 3.8) is 0 Å². The maximum absolute atomic E-state index is 10.7. The molecule has 6 heteroatoms. The van der Waals surface area contributed by atoms with E-state index in [0.717, 1.165) is 0 Å². The predicted molar refractivity (Wildman–Crippen MR) is 79.7 cm³/mol. The smallest absolute Gasteiger partial charge is 0.236 e. The SMILES string of the molecule is C=CCOc1c(Cl)cc(/C=N\NC(C)=O)cc1OCC. The summed E-state index contributed by atoms with van der Waals surface area (Å²) in [6, 6.07) is 3.41. The summed E-state index contributed by atoms with van der Waals surface area (Å²) in [5.74, 6) is 0.736. The number of carbonyl (C=O) groups excluding carboxylic acids is 1. The van der Waals surface area contributed by atoms with Gasteiger partial charge in [-0.25, -0.2) is 5.43 Å². The minimum atomic E-state index is -0.247. The van der Waals surface area contributed by atoms with Gasteiger partial charge in [0.05, 0.1) is 17.8 Å². The molecule has 0 fully saturated rings. The number of hydrogen-bond acceptors (Lipinski definition) is 4. The third-order valence-corrected chi connectivity index (χ3v) is 2.39. The molecule has 1 aromatic carbocycles. The molecule has 20 heavy (non-hydrogen) atoms. The van der Waals surface area contributed by atoms with E-state index in [-0.39, 0.29) is 5.91 Å². The van der Waals surface area contributed by atoms with E-state index in [1.807, 2.05) is 6.92 Å². The van der Waals surface area contributed by atoms with Crippen LogP contribution in [0.25, 0.3) is 0 Å². The second kappa shape index (κ2) is 8.22. The highest BCUT2D eigenvalue weighted by atomic mass is 35.5. The Morgan fingerprint density at radius 2 is 2.25 bits per heavy atom. The second-order valence-corrected chi connectivity index (χ2v) is 4.20. The van der Waals surface area contributed by atoms with E-state index in [2.05, 4.69) is 17.1 Å². The molecule has 0 aliphatic rings. The molecule has 0 saturated carbocycles. The molecule has 0 heterocycles. The van der Waals surface area contributed by atoms with Crippen molar-refractivity contribution in [2.24, 2.45) is 5.10 Å². The van der Waals surface area contributed by atoms with Crippen LogP contribution in [0.1, 0.15) is 19.4 Å². The Morgan fingerprint density at radius 1 is 1.50 bits per heavy atom. The highest BCUT2D eigenvalue weighted by Gasteiger charge is 2.11. The van der Waals surface area contributed by atoms with Crippen LogP contribution < -0.4 is 14.9 Å². The van der Waals surface area contributed by atoms with Crippen molar-refractivity contribution in [2.45, 2.75) is 13.8 Å². The molecule has 1 N–H and O–H groups in total. The van der Waals surface area contributed by atoms with Crippen LogP contribution in [0.15, 0.2) is 29.9 Å². The number of hydrazone groups is 1. The Morgan fingerprint density at radius 3 is 2.85 bits per heavy atom. The first-order chi connectivity index (χ1) is 9.58. The van der Waals surface area contributed by atoms with Gasteiger partial charge in [-0.15, -0.1) is 0 Å². The van der Waals surface area contributed by atoms with Crippen LogP contribution in [0.3, 0.4) is 0 Å². The number of nitrogens with zero attached hydrogens (tertiary/aromatic N) is 1. The van der Waals surface area contributed by atoms with Crippen LogP contribution in [0, 0.1) is 0 Å². The van der Waals surface area contributed by atoms with Crippen molar-refractivity contribution in [3.8, 4) is 11.5 Å². The molecule has 0 aliphatic heterocycles. The van der Waals surface area contributed by atoms with Crippen LogP contribution in [0.2, 0.25) is 5.02 Å². The average Bonchev–Trinajstić information content (AvgIpc) is 2.38. The van der Waals surface area contributed by atoms with Crippen molar-refractivity contribution >= 4 is 23.7 Å². The number of hydrogen-bond donors (Lipinski definition) is 1. The fourth-order valence-electron chi connectivity index (χ4n) is 1.41. The number of carbonyl (C=O) groups is 1. The maximum atomic E-state index is 10.7. The van der Waals surface area contributed by atoms with Crippen molar-refractivity contribution in [2.75, 3.05) is 13.2 Å². The molecule has 5 nitrogen and oxygen atoms in total. The van der Waals surface area contributed by atoms with Gasteiger partial charge in [0.1, 0.15) is 6.61 Å². The van der Waals surface area contributed by atoms with Crippen LogP contribution in [-0.4, -0.2) is 25.3 Å². The summed E-state index contributed by atoms with van der Waals surface area (Å²) in [5, 5.41) is 4.18. The summed E-state index contributed by atoms with van der Waals surface area (Å²) in [7, 11) is 0. The first-order valence-electron chi connectivity index (χ1n) is 6.08. The van der Waals surface area contributed by atoms with Gasteiger partial charge in [0.15, 0.2) is 11.5 Å². The van der Waals surface area contributed by atoms with Gasteiger partial charge in [-0.1, -0.05) is 24.3 Å². The zero-order valence-corrected chi connectivity index (χ0v) is 12.2. The molecular weight excluding hydrogens is 280 g/mol. The van der Waals surface area contributed by atoms with E-state index in [1.54, 1.807) is 18.2 Å². The van der Waals surface area contributed by atoms with Crippen LogP contribution in [0.5, 0.6) is 11.5 Å². The predicted octanol–water partition coefficient (Wildman–Crippen LogP) is 2.77. The average molecular weight is 297 g/mol. The van der Waals surface area contributed by atoms with Gasteiger partial charge in [-0.3, -0.25) is 4.79 Å². The summed E-state index contributed by atoms with van der Waals surface area (Å²) >= 11 is 6.16. The van der Waals surface area contributed by atoms with E-state index in [1.165, 1.54) is 13.1 Å². The topological polar surface area (TPSA) is 59.9 Å². The van der Waals surface area contributed by atoms with Gasteiger partial charge in [0, 0.05) is 6.92 Å². The first kappa shape index (κ1) is 16.0. The van der Waals surface area contributed by atoms with E-state index in [0.29, 0.717) is 35.3 Å². The van der Waals surface area contributed by atoms with E-state index in [4.69, 9.17) is 21.1 Å². The Labute approximate surface area is 123 Å². The number of halogens is 1. The Kier molecular flexibility index (Phi) is 6.59. The van der Waals surface area contributed by atoms with Crippen LogP contribution >= 0.6 is 11.6 Å². The molecule has 108 valence electrons. The fourth-order valence-corrected chi connectivity index (χ4v) is 1.68.